The molecule has 108 valence electrons. The molecule has 1 aromatic heterocycles. The molecule has 6 heteroatoms. The number of nitrogens with zero attached hydrogens (tertiary/aromatic N) is 2. The highest BCUT2D eigenvalue weighted by atomic mass is 35.5. The Balaban J connectivity index is 2.90. The minimum atomic E-state index is -0.270. The fourth-order valence-corrected chi connectivity index (χ4v) is 2.02. The van der Waals surface area contributed by atoms with Gasteiger partial charge in [-0.15, -0.1) is 0 Å². The summed E-state index contributed by atoms with van der Waals surface area (Å²) in [6.07, 6.45) is 4.75. The molecule has 3 N–H and O–H groups in total. The van der Waals surface area contributed by atoms with Crippen LogP contribution in [0.4, 0.5) is 5.69 Å². The number of nitrogens with two attached hydrogens (primary N) is 1. The smallest absolute Gasteiger partial charge is 0.287 e. The van der Waals surface area contributed by atoms with Crippen molar-refractivity contribution in [1.82, 2.24) is 9.78 Å². The molecule has 1 atom stereocenters. The van der Waals surface area contributed by atoms with Crippen molar-refractivity contribution in [2.75, 3.05) is 11.9 Å². The third kappa shape index (κ3) is 4.21. The second-order valence-electron chi connectivity index (χ2n) is 4.93. The summed E-state index contributed by atoms with van der Waals surface area (Å²) in [6.45, 7) is 6.42. The fraction of sp³-hybridized carbons (Fsp3) is 0.692. The Morgan fingerprint density at radius 3 is 2.74 bits per heavy atom. The summed E-state index contributed by atoms with van der Waals surface area (Å²) in [6, 6.07) is 0.109. The SMILES string of the molecule is CCCCC(CN)Nc1cnn(C(C)C)c(=O)c1Cl. The summed E-state index contributed by atoms with van der Waals surface area (Å²) in [5.74, 6) is 0. The number of nitrogens with one attached hydrogen (secondary N) is 1. The van der Waals surface area contributed by atoms with E-state index in [0.717, 1.165) is 19.3 Å². The van der Waals surface area contributed by atoms with E-state index in [1.165, 1.54) is 4.68 Å². The first kappa shape index (κ1) is 16.0. The number of hydrogen-bond acceptors (Lipinski definition) is 4. The van der Waals surface area contributed by atoms with E-state index < -0.39 is 0 Å². The van der Waals surface area contributed by atoms with Crippen LogP contribution in [0, 0.1) is 0 Å². The van der Waals surface area contributed by atoms with Crippen molar-refractivity contribution in [3.63, 3.8) is 0 Å². The molecule has 0 radical (unpaired) electrons. The van der Waals surface area contributed by atoms with Crippen LogP contribution < -0.4 is 16.6 Å². The third-order valence-electron chi connectivity index (χ3n) is 2.98. The van der Waals surface area contributed by atoms with Gasteiger partial charge < -0.3 is 11.1 Å². The summed E-state index contributed by atoms with van der Waals surface area (Å²) >= 11 is 6.10. The second-order valence-corrected chi connectivity index (χ2v) is 5.31. The number of aromatic nitrogens is 2. The van der Waals surface area contributed by atoms with Crippen molar-refractivity contribution in [1.29, 1.82) is 0 Å². The molecule has 1 heterocycles. The average Bonchev–Trinajstić information content (AvgIpc) is 2.39. The van der Waals surface area contributed by atoms with Crippen LogP contribution in [0.25, 0.3) is 0 Å². The zero-order chi connectivity index (χ0) is 14.4. The lowest BCUT2D eigenvalue weighted by Crippen LogP contribution is -2.31. The first-order valence-corrected chi connectivity index (χ1v) is 7.12. The summed E-state index contributed by atoms with van der Waals surface area (Å²) in [5, 5.41) is 7.51. The van der Waals surface area contributed by atoms with E-state index in [1.807, 2.05) is 13.8 Å². The molecule has 0 aliphatic heterocycles. The van der Waals surface area contributed by atoms with Gasteiger partial charge in [-0.25, -0.2) is 4.68 Å². The van der Waals surface area contributed by atoms with Crippen molar-refractivity contribution in [2.45, 2.75) is 52.1 Å². The first-order valence-electron chi connectivity index (χ1n) is 6.75. The largest absolute Gasteiger partial charge is 0.378 e. The average molecular weight is 287 g/mol. The van der Waals surface area contributed by atoms with Crippen LogP contribution >= 0.6 is 11.6 Å². The Hall–Kier alpha value is -1.07. The lowest BCUT2D eigenvalue weighted by atomic mass is 10.1. The molecule has 0 saturated carbocycles. The first-order chi connectivity index (χ1) is 9.01. The van der Waals surface area contributed by atoms with Crippen molar-refractivity contribution < 1.29 is 0 Å². The zero-order valence-electron chi connectivity index (χ0n) is 11.8. The highest BCUT2D eigenvalue weighted by Gasteiger charge is 2.14. The lowest BCUT2D eigenvalue weighted by Gasteiger charge is -2.19. The van der Waals surface area contributed by atoms with E-state index in [9.17, 15) is 4.79 Å². The Labute approximate surface area is 119 Å². The molecule has 0 fully saturated rings. The van der Waals surface area contributed by atoms with Crippen LogP contribution in [0.5, 0.6) is 0 Å². The molecule has 1 unspecified atom stereocenters. The highest BCUT2D eigenvalue weighted by molar-refractivity contribution is 6.32. The van der Waals surface area contributed by atoms with Crippen molar-refractivity contribution in [3.8, 4) is 0 Å². The van der Waals surface area contributed by atoms with Crippen LogP contribution in [-0.4, -0.2) is 22.4 Å². The van der Waals surface area contributed by atoms with E-state index in [2.05, 4.69) is 17.3 Å². The second kappa shape index (κ2) is 7.50. The molecule has 0 amide bonds. The quantitative estimate of drug-likeness (QED) is 0.807. The van der Waals surface area contributed by atoms with Gasteiger partial charge in [0.1, 0.15) is 5.02 Å². The third-order valence-corrected chi connectivity index (χ3v) is 3.35. The predicted octanol–water partition coefficient (Wildman–Crippen LogP) is 2.41. The normalized spacial score (nSPS) is 12.7. The van der Waals surface area contributed by atoms with Gasteiger partial charge in [-0.3, -0.25) is 4.79 Å². The fourth-order valence-electron chi connectivity index (χ4n) is 1.83. The van der Waals surface area contributed by atoms with Gasteiger partial charge in [0.2, 0.25) is 0 Å². The van der Waals surface area contributed by atoms with E-state index in [0.29, 0.717) is 12.2 Å². The molecular weight excluding hydrogens is 264 g/mol. The van der Waals surface area contributed by atoms with Gasteiger partial charge in [-0.2, -0.15) is 5.10 Å². The number of unbranched alkanes of at least 4 members (excludes halogenated alkanes) is 1. The number of halogens is 1. The Morgan fingerprint density at radius 2 is 2.21 bits per heavy atom. The molecule has 1 rings (SSSR count). The Morgan fingerprint density at radius 1 is 1.53 bits per heavy atom. The Bertz CT molecular complexity index is 458. The zero-order valence-corrected chi connectivity index (χ0v) is 12.6. The number of rotatable bonds is 7. The van der Waals surface area contributed by atoms with Crippen LogP contribution in [0.1, 0.15) is 46.1 Å². The molecule has 0 aromatic carbocycles. The molecule has 0 aliphatic rings. The van der Waals surface area contributed by atoms with E-state index >= 15 is 0 Å². The van der Waals surface area contributed by atoms with E-state index in [-0.39, 0.29) is 22.7 Å². The van der Waals surface area contributed by atoms with Gasteiger partial charge in [-0.05, 0) is 20.3 Å². The maximum Gasteiger partial charge on any atom is 0.287 e. The summed E-state index contributed by atoms with van der Waals surface area (Å²) < 4.78 is 1.37. The lowest BCUT2D eigenvalue weighted by molar-refractivity contribution is 0.502. The van der Waals surface area contributed by atoms with Crippen LogP contribution in [0.15, 0.2) is 11.0 Å². The van der Waals surface area contributed by atoms with E-state index in [1.54, 1.807) is 6.20 Å². The summed E-state index contributed by atoms with van der Waals surface area (Å²) in [4.78, 5) is 12.0. The number of anilines is 1. The summed E-state index contributed by atoms with van der Waals surface area (Å²) in [5.41, 5.74) is 6.01. The van der Waals surface area contributed by atoms with E-state index in [4.69, 9.17) is 17.3 Å². The van der Waals surface area contributed by atoms with Crippen LogP contribution in [0.3, 0.4) is 0 Å². The molecule has 5 nitrogen and oxygen atoms in total. The molecule has 19 heavy (non-hydrogen) atoms. The maximum absolute atomic E-state index is 12.0. The molecule has 0 bridgehead atoms. The highest BCUT2D eigenvalue weighted by Crippen LogP contribution is 2.18. The predicted molar refractivity (Wildman–Crippen MR) is 79.9 cm³/mol. The van der Waals surface area contributed by atoms with Gasteiger partial charge in [-0.1, -0.05) is 31.4 Å². The minimum absolute atomic E-state index is 0.00977. The van der Waals surface area contributed by atoms with Gasteiger partial charge in [0.05, 0.1) is 17.9 Å². The molecule has 0 saturated heterocycles. The van der Waals surface area contributed by atoms with Gasteiger partial charge >= 0.3 is 0 Å². The van der Waals surface area contributed by atoms with Crippen molar-refractivity contribution >= 4 is 17.3 Å². The standard InChI is InChI=1S/C13H23ClN4O/c1-4-5-6-10(7-15)17-11-8-16-18(9(2)3)13(19)12(11)14/h8-10,17H,4-7,15H2,1-3H3. The molecule has 0 spiro atoms. The summed E-state index contributed by atoms with van der Waals surface area (Å²) in [7, 11) is 0. The van der Waals surface area contributed by atoms with Crippen LogP contribution in [-0.2, 0) is 0 Å². The molecule has 0 aliphatic carbocycles. The topological polar surface area (TPSA) is 72.9 Å². The molecule has 1 aromatic rings. The van der Waals surface area contributed by atoms with Crippen molar-refractivity contribution in [3.05, 3.63) is 21.6 Å². The Kier molecular flexibility index (Phi) is 6.31. The van der Waals surface area contributed by atoms with Gasteiger partial charge in [0.25, 0.3) is 5.56 Å². The monoisotopic (exact) mass is 286 g/mol. The van der Waals surface area contributed by atoms with Gasteiger partial charge in [0.15, 0.2) is 0 Å². The molecular formula is C13H23ClN4O. The maximum atomic E-state index is 12.0. The van der Waals surface area contributed by atoms with Gasteiger partial charge in [0, 0.05) is 12.6 Å². The number of hydrogen-bond donors (Lipinski definition) is 2. The minimum Gasteiger partial charge on any atom is -0.378 e. The van der Waals surface area contributed by atoms with Crippen molar-refractivity contribution in [2.24, 2.45) is 5.73 Å². The van der Waals surface area contributed by atoms with Crippen LogP contribution in [0.2, 0.25) is 5.02 Å².